The number of nitrogens with zero attached hydrogens (tertiary/aromatic N) is 3. The molecule has 90 valence electrons. The van der Waals surface area contributed by atoms with Crippen LogP contribution >= 0.6 is 0 Å². The molecule has 0 aromatic heterocycles. The van der Waals surface area contributed by atoms with E-state index < -0.39 is 0 Å². The minimum absolute atomic E-state index is 0.845. The summed E-state index contributed by atoms with van der Waals surface area (Å²) in [4.78, 5) is 0. The van der Waals surface area contributed by atoms with Gasteiger partial charge in [0.2, 0.25) is 0 Å². The van der Waals surface area contributed by atoms with E-state index in [2.05, 4.69) is 34.1 Å². The first-order valence-electron chi connectivity index (χ1n) is 6.00. The summed E-state index contributed by atoms with van der Waals surface area (Å²) in [7, 11) is 0. The van der Waals surface area contributed by atoms with Crippen molar-refractivity contribution in [1.29, 1.82) is 0 Å². The third kappa shape index (κ3) is 2.18. The maximum absolute atomic E-state index is 4.11. The molecule has 1 N–H and O–H groups in total. The highest BCUT2D eigenvalue weighted by molar-refractivity contribution is 5.56. The van der Waals surface area contributed by atoms with E-state index in [4.69, 9.17) is 0 Å². The van der Waals surface area contributed by atoms with Crippen LogP contribution in [0, 0.1) is 0 Å². The Hall–Kier alpha value is -2.36. The summed E-state index contributed by atoms with van der Waals surface area (Å²) in [5.41, 5.74) is 6.35. The van der Waals surface area contributed by atoms with E-state index in [1.807, 2.05) is 41.4 Å². The second-order valence-electron chi connectivity index (χ2n) is 4.17. The molecule has 0 radical (unpaired) electrons. The van der Waals surface area contributed by atoms with Gasteiger partial charge in [0.1, 0.15) is 0 Å². The van der Waals surface area contributed by atoms with Crippen LogP contribution < -0.4 is 10.5 Å². The van der Waals surface area contributed by atoms with Crippen molar-refractivity contribution in [2.24, 2.45) is 10.3 Å². The molecule has 18 heavy (non-hydrogen) atoms. The van der Waals surface area contributed by atoms with Crippen LogP contribution in [-0.2, 0) is 6.42 Å². The topological polar surface area (TPSA) is 40.0 Å². The number of rotatable bonds is 3. The van der Waals surface area contributed by atoms with Gasteiger partial charge in [0.25, 0.3) is 0 Å². The monoisotopic (exact) mass is 238 g/mol. The van der Waals surface area contributed by atoms with E-state index in [9.17, 15) is 0 Å². The standard InChI is InChI=1S/C14H14N4/c1-2-7-13(8-3-1)15-16-17-18-11-10-12-6-4-5-9-14(12)18/h1-9H,10-11H2,(H,15,17). The van der Waals surface area contributed by atoms with Gasteiger partial charge in [-0.2, -0.15) is 5.53 Å². The van der Waals surface area contributed by atoms with Gasteiger partial charge < -0.3 is 0 Å². The highest BCUT2D eigenvalue weighted by atomic mass is 15.7. The maximum Gasteiger partial charge on any atom is 0.0874 e. The molecule has 0 spiro atoms. The van der Waals surface area contributed by atoms with Crippen LogP contribution in [0.25, 0.3) is 0 Å². The Morgan fingerprint density at radius 1 is 0.944 bits per heavy atom. The first-order valence-corrected chi connectivity index (χ1v) is 6.00. The lowest BCUT2D eigenvalue weighted by molar-refractivity contribution is 0.648. The van der Waals surface area contributed by atoms with Gasteiger partial charge in [-0.1, -0.05) is 41.6 Å². The maximum atomic E-state index is 4.11. The Kier molecular flexibility index (Phi) is 2.92. The Morgan fingerprint density at radius 3 is 2.61 bits per heavy atom. The predicted octanol–water partition coefficient (Wildman–Crippen LogP) is 3.25. The molecule has 1 aliphatic heterocycles. The van der Waals surface area contributed by atoms with Gasteiger partial charge in [-0.05, 0) is 30.2 Å². The SMILES string of the molecule is c1ccc(N=NNN2CCc3ccccc32)cc1. The number of benzene rings is 2. The zero-order chi connectivity index (χ0) is 12.2. The van der Waals surface area contributed by atoms with Gasteiger partial charge in [0.15, 0.2) is 0 Å². The summed E-state index contributed by atoms with van der Waals surface area (Å²) >= 11 is 0. The van der Waals surface area contributed by atoms with Crippen molar-refractivity contribution in [3.05, 3.63) is 60.2 Å². The van der Waals surface area contributed by atoms with E-state index >= 15 is 0 Å². The summed E-state index contributed by atoms with van der Waals surface area (Å²) in [6, 6.07) is 18.0. The van der Waals surface area contributed by atoms with Gasteiger partial charge in [-0.3, -0.25) is 5.01 Å². The van der Waals surface area contributed by atoms with Crippen LogP contribution in [0.5, 0.6) is 0 Å². The number of fused-ring (bicyclic) bond motifs is 1. The molecule has 0 fully saturated rings. The smallest absolute Gasteiger partial charge is 0.0874 e. The second-order valence-corrected chi connectivity index (χ2v) is 4.17. The summed E-state index contributed by atoms with van der Waals surface area (Å²) < 4.78 is 0. The van der Waals surface area contributed by atoms with Gasteiger partial charge >= 0.3 is 0 Å². The van der Waals surface area contributed by atoms with Crippen molar-refractivity contribution < 1.29 is 0 Å². The summed E-state index contributed by atoms with van der Waals surface area (Å²) in [5.74, 6) is 0. The molecule has 1 heterocycles. The van der Waals surface area contributed by atoms with Gasteiger partial charge in [0, 0.05) is 6.54 Å². The first-order chi connectivity index (χ1) is 8.93. The number of nitrogens with one attached hydrogen (secondary N) is 1. The quantitative estimate of drug-likeness (QED) is 0.658. The number of hydrogen-bond acceptors (Lipinski definition) is 3. The van der Waals surface area contributed by atoms with E-state index in [0.717, 1.165) is 18.7 Å². The molecule has 2 aromatic rings. The summed E-state index contributed by atoms with van der Waals surface area (Å²) in [6.07, 6.45) is 1.05. The van der Waals surface area contributed by atoms with E-state index in [-0.39, 0.29) is 0 Å². The number of hydrazine groups is 1. The minimum atomic E-state index is 0.845. The van der Waals surface area contributed by atoms with Crippen LogP contribution in [0.1, 0.15) is 5.56 Å². The predicted molar refractivity (Wildman–Crippen MR) is 71.6 cm³/mol. The second kappa shape index (κ2) is 4.87. The minimum Gasteiger partial charge on any atom is -0.270 e. The Balaban J connectivity index is 1.67. The molecule has 4 heteroatoms. The molecule has 1 aliphatic rings. The van der Waals surface area contributed by atoms with Gasteiger partial charge in [0.05, 0.1) is 11.4 Å². The fourth-order valence-electron chi connectivity index (χ4n) is 2.07. The molecule has 0 bridgehead atoms. The van der Waals surface area contributed by atoms with Crippen LogP contribution in [-0.4, -0.2) is 6.54 Å². The van der Waals surface area contributed by atoms with Crippen LogP contribution in [0.4, 0.5) is 11.4 Å². The largest absolute Gasteiger partial charge is 0.270 e. The molecule has 2 aromatic carbocycles. The lowest BCUT2D eigenvalue weighted by Gasteiger charge is -2.16. The third-order valence-electron chi connectivity index (χ3n) is 2.97. The van der Waals surface area contributed by atoms with Crippen molar-refractivity contribution in [2.75, 3.05) is 11.6 Å². The first kappa shape index (κ1) is 10.8. The third-order valence-corrected chi connectivity index (χ3v) is 2.97. The van der Waals surface area contributed by atoms with Crippen LogP contribution in [0.2, 0.25) is 0 Å². The molecular weight excluding hydrogens is 224 g/mol. The molecule has 3 rings (SSSR count). The van der Waals surface area contributed by atoms with Crippen molar-refractivity contribution in [1.82, 2.24) is 5.53 Å². The van der Waals surface area contributed by atoms with E-state index in [0.29, 0.717) is 0 Å². The molecule has 0 aliphatic carbocycles. The number of hydrogen-bond donors (Lipinski definition) is 1. The molecule has 4 nitrogen and oxygen atoms in total. The molecule has 0 amide bonds. The Morgan fingerprint density at radius 2 is 1.72 bits per heavy atom. The van der Waals surface area contributed by atoms with E-state index in [1.54, 1.807) is 0 Å². The molecule has 0 atom stereocenters. The number of para-hydroxylation sites is 1. The van der Waals surface area contributed by atoms with Crippen LogP contribution in [0.15, 0.2) is 64.9 Å². The fourth-order valence-corrected chi connectivity index (χ4v) is 2.07. The highest BCUT2D eigenvalue weighted by Crippen LogP contribution is 2.25. The van der Waals surface area contributed by atoms with Crippen LogP contribution in [0.3, 0.4) is 0 Å². The lowest BCUT2D eigenvalue weighted by atomic mass is 10.2. The summed E-state index contributed by atoms with van der Waals surface area (Å²) in [5, 5.41) is 10.2. The fraction of sp³-hybridized carbons (Fsp3) is 0.143. The summed E-state index contributed by atoms with van der Waals surface area (Å²) in [6.45, 7) is 0.924. The van der Waals surface area contributed by atoms with E-state index in [1.165, 1.54) is 11.3 Å². The van der Waals surface area contributed by atoms with Gasteiger partial charge in [-0.15, -0.1) is 5.11 Å². The Labute approximate surface area is 106 Å². The molecule has 0 saturated heterocycles. The normalized spacial score (nSPS) is 13.9. The van der Waals surface area contributed by atoms with Crippen molar-refractivity contribution in [2.45, 2.75) is 6.42 Å². The zero-order valence-corrected chi connectivity index (χ0v) is 9.95. The lowest BCUT2D eigenvalue weighted by Crippen LogP contribution is -2.31. The van der Waals surface area contributed by atoms with Crippen molar-refractivity contribution >= 4 is 11.4 Å². The molecule has 0 saturated carbocycles. The average Bonchev–Trinajstić information content (AvgIpc) is 2.84. The Bertz CT molecular complexity index is 551. The average molecular weight is 238 g/mol. The highest BCUT2D eigenvalue weighted by Gasteiger charge is 2.17. The van der Waals surface area contributed by atoms with Crippen molar-refractivity contribution in [3.63, 3.8) is 0 Å². The number of anilines is 1. The van der Waals surface area contributed by atoms with Gasteiger partial charge in [-0.25, -0.2) is 0 Å². The van der Waals surface area contributed by atoms with Crippen molar-refractivity contribution in [3.8, 4) is 0 Å². The zero-order valence-electron chi connectivity index (χ0n) is 9.95. The molecular formula is C14H14N4. The molecule has 0 unspecified atom stereocenters.